The number of aromatic nitrogens is 1. The maximum absolute atomic E-state index is 12.2. The van der Waals surface area contributed by atoms with Crippen LogP contribution in [0.2, 0.25) is 0 Å². The van der Waals surface area contributed by atoms with Crippen molar-refractivity contribution in [2.45, 2.75) is 12.8 Å². The average Bonchev–Trinajstić information content (AvgIpc) is 3.34. The van der Waals surface area contributed by atoms with Crippen LogP contribution < -0.4 is 14.8 Å². The van der Waals surface area contributed by atoms with Crippen molar-refractivity contribution in [1.29, 1.82) is 0 Å². The van der Waals surface area contributed by atoms with Crippen molar-refractivity contribution in [3.05, 3.63) is 84.2 Å². The Morgan fingerprint density at radius 2 is 1.62 bits per heavy atom. The zero-order valence-corrected chi connectivity index (χ0v) is 18.6. The van der Waals surface area contributed by atoms with Crippen LogP contribution in [0.15, 0.2) is 84.2 Å². The van der Waals surface area contributed by atoms with Crippen molar-refractivity contribution >= 4 is 22.9 Å². The second kappa shape index (κ2) is 10.6. The number of carbonyl (C=O) groups is 1. The second-order valence-corrected chi connectivity index (χ2v) is 8.02. The lowest BCUT2D eigenvalue weighted by atomic mass is 10.1. The van der Waals surface area contributed by atoms with Gasteiger partial charge in [0, 0.05) is 28.6 Å². The van der Waals surface area contributed by atoms with Gasteiger partial charge in [-0.15, -0.1) is 11.3 Å². The average molecular weight is 445 g/mol. The number of hydrogen-bond acceptors (Lipinski definition) is 5. The summed E-state index contributed by atoms with van der Waals surface area (Å²) in [5.74, 6) is 1.52. The molecule has 0 aliphatic heterocycles. The van der Waals surface area contributed by atoms with Gasteiger partial charge in [0.25, 0.3) is 0 Å². The Hall–Kier alpha value is -3.64. The standard InChI is InChI=1S/C26H24N2O3S/c1-30-22-13-15-23(16-14-22)31-17-5-8-25(29)27-21-11-9-19(10-12-21)24-18-32-26(28-24)20-6-3-2-4-7-20/h2-4,6-7,9-16,18H,5,8,17H2,1H3,(H,27,29). The fraction of sp³-hybridized carbons (Fsp3) is 0.154. The number of anilines is 1. The van der Waals surface area contributed by atoms with Crippen LogP contribution in [0.4, 0.5) is 5.69 Å². The first-order valence-electron chi connectivity index (χ1n) is 10.4. The summed E-state index contributed by atoms with van der Waals surface area (Å²) in [4.78, 5) is 17.0. The van der Waals surface area contributed by atoms with Gasteiger partial charge in [-0.05, 0) is 42.8 Å². The smallest absolute Gasteiger partial charge is 0.224 e. The molecule has 6 heteroatoms. The van der Waals surface area contributed by atoms with E-state index >= 15 is 0 Å². The predicted octanol–water partition coefficient (Wildman–Crippen LogP) is 6.28. The summed E-state index contributed by atoms with van der Waals surface area (Å²) in [6.45, 7) is 0.478. The fourth-order valence-electron chi connectivity index (χ4n) is 3.16. The maximum atomic E-state index is 12.2. The Morgan fingerprint density at radius 1 is 0.906 bits per heavy atom. The van der Waals surface area contributed by atoms with Crippen LogP contribution in [-0.2, 0) is 4.79 Å². The van der Waals surface area contributed by atoms with Crippen molar-refractivity contribution in [2.24, 2.45) is 0 Å². The first-order chi connectivity index (χ1) is 15.7. The Labute approximate surface area is 191 Å². The molecule has 0 atom stereocenters. The Balaban J connectivity index is 1.24. The maximum Gasteiger partial charge on any atom is 0.224 e. The van der Waals surface area contributed by atoms with Gasteiger partial charge in [-0.1, -0.05) is 42.5 Å². The lowest BCUT2D eigenvalue weighted by molar-refractivity contribution is -0.116. The van der Waals surface area contributed by atoms with Crippen molar-refractivity contribution in [3.63, 3.8) is 0 Å². The summed E-state index contributed by atoms with van der Waals surface area (Å²) in [7, 11) is 1.63. The highest BCUT2D eigenvalue weighted by Crippen LogP contribution is 2.29. The summed E-state index contributed by atoms with van der Waals surface area (Å²) in [5, 5.41) is 5.99. The van der Waals surface area contributed by atoms with Gasteiger partial charge in [-0.2, -0.15) is 0 Å². The molecule has 0 saturated heterocycles. The van der Waals surface area contributed by atoms with E-state index in [1.54, 1.807) is 18.4 Å². The van der Waals surface area contributed by atoms with Gasteiger partial charge >= 0.3 is 0 Å². The summed E-state index contributed by atoms with van der Waals surface area (Å²) in [6.07, 6.45) is 1.03. The highest BCUT2D eigenvalue weighted by atomic mass is 32.1. The van der Waals surface area contributed by atoms with Gasteiger partial charge in [-0.3, -0.25) is 4.79 Å². The topological polar surface area (TPSA) is 60.5 Å². The van der Waals surface area contributed by atoms with Crippen LogP contribution in [0.3, 0.4) is 0 Å². The minimum absolute atomic E-state index is 0.0314. The van der Waals surface area contributed by atoms with E-state index in [1.807, 2.05) is 66.7 Å². The number of methoxy groups -OCH3 is 1. The summed E-state index contributed by atoms with van der Waals surface area (Å²) < 4.78 is 10.8. The summed E-state index contributed by atoms with van der Waals surface area (Å²) in [6, 6.07) is 25.3. The number of thiazole rings is 1. The summed E-state index contributed by atoms with van der Waals surface area (Å²) >= 11 is 1.62. The number of carbonyl (C=O) groups excluding carboxylic acids is 1. The Morgan fingerprint density at radius 3 is 2.34 bits per heavy atom. The van der Waals surface area contributed by atoms with Crippen LogP contribution in [0.25, 0.3) is 21.8 Å². The van der Waals surface area contributed by atoms with E-state index in [4.69, 9.17) is 14.5 Å². The Kier molecular flexibility index (Phi) is 7.15. The zero-order chi connectivity index (χ0) is 22.2. The predicted molar refractivity (Wildman–Crippen MR) is 129 cm³/mol. The zero-order valence-electron chi connectivity index (χ0n) is 17.8. The molecule has 0 bridgehead atoms. The highest BCUT2D eigenvalue weighted by Gasteiger charge is 2.08. The van der Waals surface area contributed by atoms with Crippen LogP contribution in [0.1, 0.15) is 12.8 Å². The molecule has 4 rings (SSSR count). The van der Waals surface area contributed by atoms with Crippen molar-refractivity contribution in [1.82, 2.24) is 4.98 Å². The molecular formula is C26H24N2O3S. The van der Waals surface area contributed by atoms with Crippen molar-refractivity contribution < 1.29 is 14.3 Å². The third-order valence-corrected chi connectivity index (χ3v) is 5.76. The van der Waals surface area contributed by atoms with Gasteiger partial charge < -0.3 is 14.8 Å². The molecule has 0 spiro atoms. The number of rotatable bonds is 9. The van der Waals surface area contributed by atoms with E-state index in [-0.39, 0.29) is 5.91 Å². The van der Waals surface area contributed by atoms with E-state index in [1.165, 1.54) is 0 Å². The molecule has 1 amide bonds. The first kappa shape index (κ1) is 21.6. The number of ether oxygens (including phenoxy) is 2. The van der Waals surface area contributed by atoms with E-state index in [9.17, 15) is 4.79 Å². The molecule has 0 radical (unpaired) electrons. The van der Waals surface area contributed by atoms with Crippen molar-refractivity contribution in [2.75, 3.05) is 19.0 Å². The molecule has 0 unspecified atom stereocenters. The molecule has 0 aliphatic rings. The molecule has 0 aliphatic carbocycles. The number of nitrogens with zero attached hydrogens (tertiary/aromatic N) is 1. The molecule has 0 saturated carbocycles. The molecule has 1 heterocycles. The third-order valence-electron chi connectivity index (χ3n) is 4.87. The first-order valence-corrected chi connectivity index (χ1v) is 11.3. The van der Waals surface area contributed by atoms with E-state index in [0.717, 1.165) is 39.0 Å². The van der Waals surface area contributed by atoms with Gasteiger partial charge in [-0.25, -0.2) is 4.98 Å². The lowest BCUT2D eigenvalue weighted by Crippen LogP contribution is -2.12. The molecule has 0 fully saturated rings. The van der Waals surface area contributed by atoms with Gasteiger partial charge in [0.05, 0.1) is 19.4 Å². The molecule has 3 aromatic carbocycles. The lowest BCUT2D eigenvalue weighted by Gasteiger charge is -2.08. The molecule has 162 valence electrons. The minimum atomic E-state index is -0.0314. The van der Waals surface area contributed by atoms with Gasteiger partial charge in [0.15, 0.2) is 0 Å². The number of nitrogens with one attached hydrogen (secondary N) is 1. The number of hydrogen-bond donors (Lipinski definition) is 1. The minimum Gasteiger partial charge on any atom is -0.497 e. The SMILES string of the molecule is COc1ccc(OCCCC(=O)Nc2ccc(-c3csc(-c4ccccc4)n3)cc2)cc1. The van der Waals surface area contributed by atoms with Gasteiger partial charge in [0.2, 0.25) is 5.91 Å². The van der Waals surface area contributed by atoms with Gasteiger partial charge in [0.1, 0.15) is 16.5 Å². The molecule has 32 heavy (non-hydrogen) atoms. The summed E-state index contributed by atoms with van der Waals surface area (Å²) in [5.41, 5.74) is 3.84. The number of amides is 1. The Bertz CT molecular complexity index is 1140. The quantitative estimate of drug-likeness (QED) is 0.309. The van der Waals surface area contributed by atoms with Crippen LogP contribution >= 0.6 is 11.3 Å². The largest absolute Gasteiger partial charge is 0.497 e. The molecule has 4 aromatic rings. The molecular weight excluding hydrogens is 420 g/mol. The molecule has 1 N–H and O–H groups in total. The van der Waals surface area contributed by atoms with E-state index < -0.39 is 0 Å². The van der Waals surface area contributed by atoms with E-state index in [2.05, 4.69) is 22.8 Å². The highest BCUT2D eigenvalue weighted by molar-refractivity contribution is 7.13. The third kappa shape index (κ3) is 5.74. The normalized spacial score (nSPS) is 10.5. The monoisotopic (exact) mass is 444 g/mol. The van der Waals surface area contributed by atoms with Crippen LogP contribution in [0, 0.1) is 0 Å². The van der Waals surface area contributed by atoms with E-state index in [0.29, 0.717) is 19.4 Å². The van der Waals surface area contributed by atoms with Crippen molar-refractivity contribution in [3.8, 4) is 33.3 Å². The van der Waals surface area contributed by atoms with Crippen LogP contribution in [-0.4, -0.2) is 24.6 Å². The second-order valence-electron chi connectivity index (χ2n) is 7.16. The van der Waals surface area contributed by atoms with Crippen LogP contribution in [0.5, 0.6) is 11.5 Å². The molecule has 5 nitrogen and oxygen atoms in total. The number of benzene rings is 3. The molecule has 1 aromatic heterocycles. The fourth-order valence-corrected chi connectivity index (χ4v) is 4.00.